The second-order valence-corrected chi connectivity index (χ2v) is 8.58. The van der Waals surface area contributed by atoms with E-state index < -0.39 is 15.9 Å². The van der Waals surface area contributed by atoms with E-state index >= 15 is 0 Å². The zero-order valence-corrected chi connectivity index (χ0v) is 16.7. The van der Waals surface area contributed by atoms with Gasteiger partial charge in [0.25, 0.3) is 0 Å². The van der Waals surface area contributed by atoms with Crippen LogP contribution in [0.4, 0.5) is 5.69 Å². The van der Waals surface area contributed by atoms with Crippen LogP contribution < -0.4 is 10.0 Å². The summed E-state index contributed by atoms with van der Waals surface area (Å²) in [7, 11) is -3.75. The Labute approximate surface area is 155 Å². The van der Waals surface area contributed by atoms with E-state index in [9.17, 15) is 13.2 Å². The fourth-order valence-electron chi connectivity index (χ4n) is 2.98. The van der Waals surface area contributed by atoms with Gasteiger partial charge in [-0.05, 0) is 55.5 Å². The Balaban J connectivity index is 2.04. The Morgan fingerprint density at radius 1 is 1.00 bits per heavy atom. The van der Waals surface area contributed by atoms with Crippen LogP contribution in [0.2, 0.25) is 0 Å². The number of anilines is 1. The molecular weight excluding hydrogens is 348 g/mol. The molecule has 0 saturated carbocycles. The quantitative estimate of drug-likeness (QED) is 0.810. The van der Waals surface area contributed by atoms with Crippen LogP contribution in [0.1, 0.15) is 42.0 Å². The van der Waals surface area contributed by atoms with Gasteiger partial charge in [0.05, 0.1) is 11.4 Å². The van der Waals surface area contributed by atoms with Crippen LogP contribution in [0, 0.1) is 20.8 Å². The van der Waals surface area contributed by atoms with Gasteiger partial charge < -0.3 is 5.32 Å². The molecule has 0 fully saturated rings. The van der Waals surface area contributed by atoms with Crippen molar-refractivity contribution in [2.45, 2.75) is 45.4 Å². The molecule has 6 heteroatoms. The highest BCUT2D eigenvalue weighted by molar-refractivity contribution is 7.89. The maximum Gasteiger partial charge on any atom is 0.241 e. The second-order valence-electron chi connectivity index (χ2n) is 6.88. The molecule has 0 radical (unpaired) electrons. The van der Waals surface area contributed by atoms with Gasteiger partial charge in [-0.2, -0.15) is 0 Å². The molecule has 0 spiro atoms. The number of nitrogens with one attached hydrogen (secondary N) is 2. The van der Waals surface area contributed by atoms with Crippen molar-refractivity contribution in [1.82, 2.24) is 4.72 Å². The predicted octanol–water partition coefficient (Wildman–Crippen LogP) is 3.65. The van der Waals surface area contributed by atoms with E-state index in [0.29, 0.717) is 22.7 Å². The fourth-order valence-corrected chi connectivity index (χ4v) is 4.41. The number of amides is 1. The first-order valence-corrected chi connectivity index (χ1v) is 10.1. The molecule has 140 valence electrons. The van der Waals surface area contributed by atoms with E-state index in [4.69, 9.17) is 0 Å². The zero-order valence-electron chi connectivity index (χ0n) is 15.9. The highest BCUT2D eigenvalue weighted by Crippen LogP contribution is 2.21. The van der Waals surface area contributed by atoms with E-state index in [-0.39, 0.29) is 11.4 Å². The Bertz CT molecular complexity index is 878. The number of rotatable bonds is 6. The highest BCUT2D eigenvalue weighted by Gasteiger charge is 2.20. The monoisotopic (exact) mass is 374 g/mol. The summed E-state index contributed by atoms with van der Waals surface area (Å²) in [4.78, 5) is 12.3. The molecule has 0 heterocycles. The van der Waals surface area contributed by atoms with Gasteiger partial charge in [0.2, 0.25) is 15.9 Å². The molecular formula is C20H26N2O3S. The van der Waals surface area contributed by atoms with Crippen molar-refractivity contribution in [3.05, 3.63) is 58.7 Å². The summed E-state index contributed by atoms with van der Waals surface area (Å²) in [5, 5.41) is 2.70. The summed E-state index contributed by atoms with van der Waals surface area (Å²) in [6, 6.07) is 11.2. The van der Waals surface area contributed by atoms with Crippen LogP contribution in [-0.2, 0) is 14.8 Å². The summed E-state index contributed by atoms with van der Waals surface area (Å²) in [6.45, 7) is 9.30. The molecule has 0 aliphatic heterocycles. The van der Waals surface area contributed by atoms with Crippen molar-refractivity contribution in [1.29, 1.82) is 0 Å². The molecule has 0 aliphatic carbocycles. The van der Waals surface area contributed by atoms with Crippen molar-refractivity contribution >= 4 is 21.6 Å². The third-order valence-electron chi connectivity index (χ3n) is 4.16. The minimum Gasteiger partial charge on any atom is -0.325 e. The third kappa shape index (κ3) is 4.93. The van der Waals surface area contributed by atoms with E-state index in [1.807, 2.05) is 43.3 Å². The van der Waals surface area contributed by atoms with E-state index in [1.165, 1.54) is 5.56 Å². The molecule has 0 atom stereocenters. The van der Waals surface area contributed by atoms with Gasteiger partial charge in [-0.3, -0.25) is 4.79 Å². The zero-order chi connectivity index (χ0) is 19.5. The third-order valence-corrected chi connectivity index (χ3v) is 5.86. The Morgan fingerprint density at radius 3 is 2.04 bits per heavy atom. The maximum absolute atomic E-state index is 12.6. The number of hydrogen-bond donors (Lipinski definition) is 2. The molecule has 2 aromatic carbocycles. The van der Waals surface area contributed by atoms with Crippen LogP contribution in [0.5, 0.6) is 0 Å². The van der Waals surface area contributed by atoms with Crippen LogP contribution in [0.25, 0.3) is 0 Å². The summed E-state index contributed by atoms with van der Waals surface area (Å²) < 4.78 is 27.5. The number of hydrogen-bond acceptors (Lipinski definition) is 3. The van der Waals surface area contributed by atoms with E-state index in [2.05, 4.69) is 23.9 Å². The lowest BCUT2D eigenvalue weighted by molar-refractivity contribution is -0.115. The van der Waals surface area contributed by atoms with Crippen molar-refractivity contribution in [2.75, 3.05) is 11.9 Å². The Hall–Kier alpha value is -2.18. The van der Waals surface area contributed by atoms with Crippen molar-refractivity contribution < 1.29 is 13.2 Å². The molecule has 0 bridgehead atoms. The van der Waals surface area contributed by atoms with Gasteiger partial charge in [-0.25, -0.2) is 13.1 Å². The van der Waals surface area contributed by atoms with Crippen molar-refractivity contribution in [2.24, 2.45) is 0 Å². The number of carbonyl (C=O) groups is 1. The molecule has 2 N–H and O–H groups in total. The Morgan fingerprint density at radius 2 is 1.54 bits per heavy atom. The van der Waals surface area contributed by atoms with Crippen molar-refractivity contribution in [3.63, 3.8) is 0 Å². The number of carbonyl (C=O) groups excluding carboxylic acids is 1. The van der Waals surface area contributed by atoms with Gasteiger partial charge in [0.15, 0.2) is 0 Å². The van der Waals surface area contributed by atoms with Gasteiger partial charge in [-0.1, -0.05) is 43.7 Å². The molecule has 2 aromatic rings. The Kier molecular flexibility index (Phi) is 6.21. The maximum atomic E-state index is 12.6. The average Bonchev–Trinajstić information content (AvgIpc) is 2.52. The number of aryl methyl sites for hydroxylation is 3. The summed E-state index contributed by atoms with van der Waals surface area (Å²) in [5.41, 5.74) is 4.15. The van der Waals surface area contributed by atoms with Crippen LogP contribution in [0.3, 0.4) is 0 Å². The largest absolute Gasteiger partial charge is 0.325 e. The smallest absolute Gasteiger partial charge is 0.241 e. The fraction of sp³-hybridized carbons (Fsp3) is 0.350. The normalized spacial score (nSPS) is 11.6. The molecule has 0 aliphatic rings. The summed E-state index contributed by atoms with van der Waals surface area (Å²) in [6.07, 6.45) is 0. The molecule has 0 saturated heterocycles. The van der Waals surface area contributed by atoms with E-state index in [1.54, 1.807) is 13.8 Å². The lowest BCUT2D eigenvalue weighted by Crippen LogP contribution is -2.33. The molecule has 0 aromatic heterocycles. The first-order valence-electron chi connectivity index (χ1n) is 8.57. The van der Waals surface area contributed by atoms with E-state index in [0.717, 1.165) is 5.56 Å². The molecule has 2 rings (SSSR count). The van der Waals surface area contributed by atoms with Gasteiger partial charge >= 0.3 is 0 Å². The molecule has 26 heavy (non-hydrogen) atoms. The lowest BCUT2D eigenvalue weighted by Gasteiger charge is -2.13. The second kappa shape index (κ2) is 8.01. The topological polar surface area (TPSA) is 75.3 Å². The average molecular weight is 375 g/mol. The molecule has 0 unspecified atom stereocenters. The SMILES string of the molecule is Cc1cc(C)c(S(=O)(=O)NCC(=O)Nc2ccc(C(C)C)cc2)c(C)c1. The minimum absolute atomic E-state index is 0.234. The highest BCUT2D eigenvalue weighted by atomic mass is 32.2. The first-order chi connectivity index (χ1) is 12.1. The van der Waals surface area contributed by atoms with Crippen LogP contribution in [-0.4, -0.2) is 20.9 Å². The summed E-state index contributed by atoms with van der Waals surface area (Å²) >= 11 is 0. The molecule has 1 amide bonds. The molecule has 5 nitrogen and oxygen atoms in total. The van der Waals surface area contributed by atoms with Gasteiger partial charge in [0.1, 0.15) is 0 Å². The predicted molar refractivity (Wildman–Crippen MR) is 105 cm³/mol. The standard InChI is InChI=1S/C20H26N2O3S/c1-13(2)17-6-8-18(9-7-17)22-19(23)12-21-26(24,25)20-15(4)10-14(3)11-16(20)5/h6-11,13,21H,12H2,1-5H3,(H,22,23). The number of benzene rings is 2. The summed E-state index contributed by atoms with van der Waals surface area (Å²) in [5.74, 6) is 0.000777. The van der Waals surface area contributed by atoms with Gasteiger partial charge in [0, 0.05) is 5.69 Å². The lowest BCUT2D eigenvalue weighted by atomic mass is 10.0. The minimum atomic E-state index is -3.75. The van der Waals surface area contributed by atoms with Gasteiger partial charge in [-0.15, -0.1) is 0 Å². The van der Waals surface area contributed by atoms with Crippen LogP contribution >= 0.6 is 0 Å². The number of sulfonamides is 1. The first kappa shape index (κ1) is 20.1. The van der Waals surface area contributed by atoms with Crippen LogP contribution in [0.15, 0.2) is 41.3 Å². The van der Waals surface area contributed by atoms with Crippen molar-refractivity contribution in [3.8, 4) is 0 Å².